The van der Waals surface area contributed by atoms with Crippen molar-refractivity contribution in [1.82, 2.24) is 9.88 Å². The van der Waals surface area contributed by atoms with E-state index in [1.54, 1.807) is 6.20 Å². The van der Waals surface area contributed by atoms with Gasteiger partial charge in [-0.25, -0.2) is 0 Å². The van der Waals surface area contributed by atoms with Crippen molar-refractivity contribution in [2.24, 2.45) is 0 Å². The molecule has 3 nitrogen and oxygen atoms in total. The maximum absolute atomic E-state index is 4.03. The van der Waals surface area contributed by atoms with Gasteiger partial charge in [0.1, 0.15) is 0 Å². The van der Waals surface area contributed by atoms with Gasteiger partial charge >= 0.3 is 0 Å². The summed E-state index contributed by atoms with van der Waals surface area (Å²) in [5.41, 5.74) is 1.10. The Morgan fingerprint density at radius 3 is 2.92 bits per heavy atom. The lowest BCUT2D eigenvalue weighted by atomic mass is 10.3. The van der Waals surface area contributed by atoms with E-state index in [-0.39, 0.29) is 0 Å². The van der Waals surface area contributed by atoms with Gasteiger partial charge in [-0.1, -0.05) is 0 Å². The summed E-state index contributed by atoms with van der Waals surface area (Å²) >= 11 is 0. The average Bonchev–Trinajstić information content (AvgIpc) is 2.14. The van der Waals surface area contributed by atoms with Gasteiger partial charge in [0.05, 0.1) is 5.69 Å². The minimum absolute atomic E-state index is 1.00. The SMILES string of the molecule is CN(C)CCCNc1cccnc1. The third-order valence-electron chi connectivity index (χ3n) is 1.77. The predicted octanol–water partition coefficient (Wildman–Crippen LogP) is 1.45. The third kappa shape index (κ3) is 4.48. The van der Waals surface area contributed by atoms with Crippen molar-refractivity contribution in [3.63, 3.8) is 0 Å². The zero-order chi connectivity index (χ0) is 9.52. The van der Waals surface area contributed by atoms with E-state index in [2.05, 4.69) is 29.3 Å². The zero-order valence-electron chi connectivity index (χ0n) is 8.33. The molecule has 0 aliphatic rings. The molecule has 0 bridgehead atoms. The van der Waals surface area contributed by atoms with Gasteiger partial charge in [0.2, 0.25) is 0 Å². The molecule has 0 radical (unpaired) electrons. The van der Waals surface area contributed by atoms with E-state index in [4.69, 9.17) is 0 Å². The predicted molar refractivity (Wildman–Crippen MR) is 55.9 cm³/mol. The van der Waals surface area contributed by atoms with Crippen LogP contribution in [0.4, 0.5) is 5.69 Å². The molecule has 0 saturated carbocycles. The zero-order valence-corrected chi connectivity index (χ0v) is 8.33. The van der Waals surface area contributed by atoms with E-state index in [0.717, 1.165) is 25.2 Å². The van der Waals surface area contributed by atoms with Crippen LogP contribution in [0.2, 0.25) is 0 Å². The third-order valence-corrected chi connectivity index (χ3v) is 1.77. The van der Waals surface area contributed by atoms with Crippen LogP contribution in [0.15, 0.2) is 24.5 Å². The lowest BCUT2D eigenvalue weighted by molar-refractivity contribution is 0.405. The molecule has 0 spiro atoms. The molecule has 13 heavy (non-hydrogen) atoms. The Hall–Kier alpha value is -1.09. The molecule has 1 heterocycles. The summed E-state index contributed by atoms with van der Waals surface area (Å²) in [5, 5.41) is 3.31. The molecule has 0 aliphatic heterocycles. The molecule has 1 N–H and O–H groups in total. The van der Waals surface area contributed by atoms with Crippen LogP contribution in [0.1, 0.15) is 6.42 Å². The highest BCUT2D eigenvalue weighted by Crippen LogP contribution is 2.01. The second-order valence-electron chi connectivity index (χ2n) is 3.33. The van der Waals surface area contributed by atoms with Crippen LogP contribution in [0.5, 0.6) is 0 Å². The molecule has 0 unspecified atom stereocenters. The van der Waals surface area contributed by atoms with Crippen molar-refractivity contribution >= 4 is 5.69 Å². The van der Waals surface area contributed by atoms with Gasteiger partial charge in [0.15, 0.2) is 0 Å². The Kier molecular flexibility index (Phi) is 4.26. The second-order valence-corrected chi connectivity index (χ2v) is 3.33. The summed E-state index contributed by atoms with van der Waals surface area (Å²) in [7, 11) is 4.17. The van der Waals surface area contributed by atoms with Crippen LogP contribution in [0, 0.1) is 0 Å². The van der Waals surface area contributed by atoms with E-state index in [1.165, 1.54) is 0 Å². The topological polar surface area (TPSA) is 28.2 Å². The lowest BCUT2D eigenvalue weighted by Gasteiger charge is -2.10. The van der Waals surface area contributed by atoms with E-state index in [9.17, 15) is 0 Å². The fourth-order valence-electron chi connectivity index (χ4n) is 1.10. The number of pyridine rings is 1. The summed E-state index contributed by atoms with van der Waals surface area (Å²) in [6.45, 7) is 2.12. The van der Waals surface area contributed by atoms with Crippen LogP contribution >= 0.6 is 0 Å². The van der Waals surface area contributed by atoms with E-state index < -0.39 is 0 Å². The van der Waals surface area contributed by atoms with Gasteiger partial charge in [0.25, 0.3) is 0 Å². The number of anilines is 1. The molecule has 0 amide bonds. The van der Waals surface area contributed by atoms with Gasteiger partial charge in [-0.3, -0.25) is 4.98 Å². The highest BCUT2D eigenvalue weighted by Gasteiger charge is 1.91. The molecular formula is C10H17N3. The summed E-state index contributed by atoms with van der Waals surface area (Å²) in [6.07, 6.45) is 4.78. The number of rotatable bonds is 5. The van der Waals surface area contributed by atoms with Crippen LogP contribution in [0.25, 0.3) is 0 Å². The first-order valence-corrected chi connectivity index (χ1v) is 4.57. The first kappa shape index (κ1) is 9.99. The fourth-order valence-corrected chi connectivity index (χ4v) is 1.10. The highest BCUT2D eigenvalue weighted by molar-refractivity contribution is 5.39. The molecule has 1 aromatic rings. The van der Waals surface area contributed by atoms with Crippen LogP contribution in [-0.4, -0.2) is 37.1 Å². The van der Waals surface area contributed by atoms with Gasteiger partial charge in [-0.2, -0.15) is 0 Å². The van der Waals surface area contributed by atoms with Crippen molar-refractivity contribution in [3.8, 4) is 0 Å². The standard InChI is InChI=1S/C10H17N3/c1-13(2)8-4-7-12-10-5-3-6-11-9-10/h3,5-6,9,12H,4,7-8H2,1-2H3. The van der Waals surface area contributed by atoms with Crippen LogP contribution in [-0.2, 0) is 0 Å². The first-order chi connectivity index (χ1) is 6.29. The maximum Gasteiger partial charge on any atom is 0.0526 e. The smallest absolute Gasteiger partial charge is 0.0526 e. The Morgan fingerprint density at radius 1 is 1.46 bits per heavy atom. The number of aromatic nitrogens is 1. The first-order valence-electron chi connectivity index (χ1n) is 4.57. The number of hydrogen-bond donors (Lipinski definition) is 1. The average molecular weight is 179 g/mol. The number of nitrogens with one attached hydrogen (secondary N) is 1. The molecule has 3 heteroatoms. The Balaban J connectivity index is 2.13. The normalized spacial score (nSPS) is 10.4. The monoisotopic (exact) mass is 179 g/mol. The van der Waals surface area contributed by atoms with Crippen LogP contribution < -0.4 is 5.32 Å². The van der Waals surface area contributed by atoms with Gasteiger partial charge in [-0.15, -0.1) is 0 Å². The van der Waals surface area contributed by atoms with Gasteiger partial charge < -0.3 is 10.2 Å². The molecule has 0 atom stereocenters. The molecule has 0 fully saturated rings. The highest BCUT2D eigenvalue weighted by atomic mass is 15.1. The van der Waals surface area contributed by atoms with Crippen molar-refractivity contribution in [2.75, 3.05) is 32.5 Å². The van der Waals surface area contributed by atoms with Crippen molar-refractivity contribution < 1.29 is 0 Å². The van der Waals surface area contributed by atoms with E-state index in [1.807, 2.05) is 18.3 Å². The van der Waals surface area contributed by atoms with Crippen molar-refractivity contribution in [2.45, 2.75) is 6.42 Å². The minimum Gasteiger partial charge on any atom is -0.384 e. The molecule has 1 aromatic heterocycles. The number of nitrogens with zero attached hydrogens (tertiary/aromatic N) is 2. The Bertz CT molecular complexity index is 221. The summed E-state index contributed by atoms with van der Waals surface area (Å²) in [4.78, 5) is 6.21. The van der Waals surface area contributed by atoms with E-state index >= 15 is 0 Å². The number of hydrogen-bond acceptors (Lipinski definition) is 3. The molecule has 0 aromatic carbocycles. The van der Waals surface area contributed by atoms with Crippen molar-refractivity contribution in [1.29, 1.82) is 0 Å². The molecule has 0 saturated heterocycles. The Labute approximate surface area is 79.8 Å². The lowest BCUT2D eigenvalue weighted by Crippen LogP contribution is -2.16. The molecule has 72 valence electrons. The maximum atomic E-state index is 4.03. The Morgan fingerprint density at radius 2 is 2.31 bits per heavy atom. The van der Waals surface area contributed by atoms with E-state index in [0.29, 0.717) is 0 Å². The summed E-state index contributed by atoms with van der Waals surface area (Å²) in [5.74, 6) is 0. The second kappa shape index (κ2) is 5.54. The quantitative estimate of drug-likeness (QED) is 0.693. The molecule has 0 aliphatic carbocycles. The summed E-state index contributed by atoms with van der Waals surface area (Å²) < 4.78 is 0. The van der Waals surface area contributed by atoms with Gasteiger partial charge in [0, 0.05) is 18.9 Å². The molecular weight excluding hydrogens is 162 g/mol. The molecule has 1 rings (SSSR count). The summed E-state index contributed by atoms with van der Waals surface area (Å²) in [6, 6.07) is 3.97. The fraction of sp³-hybridized carbons (Fsp3) is 0.500. The van der Waals surface area contributed by atoms with Gasteiger partial charge in [-0.05, 0) is 39.2 Å². The van der Waals surface area contributed by atoms with Crippen molar-refractivity contribution in [3.05, 3.63) is 24.5 Å². The van der Waals surface area contributed by atoms with Crippen LogP contribution in [0.3, 0.4) is 0 Å². The largest absolute Gasteiger partial charge is 0.384 e. The minimum atomic E-state index is 1.00.